The van der Waals surface area contributed by atoms with E-state index in [4.69, 9.17) is 11.6 Å². The normalized spacial score (nSPS) is 11.5. The number of pyridine rings is 1. The second-order valence-corrected chi connectivity index (χ2v) is 6.17. The first-order valence-electron chi connectivity index (χ1n) is 8.06. The SMILES string of the molecule is CCC(CC)n1c(O)nc2ncc(Cl)c(-c3cccc(CO)c3)c21. The van der Waals surface area contributed by atoms with Crippen molar-refractivity contribution in [2.45, 2.75) is 39.3 Å². The third-order valence-electron chi connectivity index (χ3n) is 4.36. The molecule has 126 valence electrons. The van der Waals surface area contributed by atoms with Crippen LogP contribution in [-0.2, 0) is 6.61 Å². The van der Waals surface area contributed by atoms with Crippen LogP contribution in [0.25, 0.3) is 22.3 Å². The molecular weight excluding hydrogens is 326 g/mol. The van der Waals surface area contributed by atoms with Crippen molar-refractivity contribution in [2.24, 2.45) is 0 Å². The summed E-state index contributed by atoms with van der Waals surface area (Å²) in [5.41, 5.74) is 3.63. The van der Waals surface area contributed by atoms with E-state index in [-0.39, 0.29) is 18.7 Å². The first-order chi connectivity index (χ1) is 11.6. The van der Waals surface area contributed by atoms with Crippen molar-refractivity contribution in [1.29, 1.82) is 0 Å². The van der Waals surface area contributed by atoms with Crippen LogP contribution in [0.15, 0.2) is 30.5 Å². The maximum atomic E-state index is 10.4. The van der Waals surface area contributed by atoms with Crippen molar-refractivity contribution in [3.05, 3.63) is 41.0 Å². The minimum Gasteiger partial charge on any atom is -0.480 e. The molecular formula is C18H20ClN3O2. The van der Waals surface area contributed by atoms with Crippen molar-refractivity contribution in [3.8, 4) is 17.1 Å². The molecule has 0 atom stereocenters. The van der Waals surface area contributed by atoms with Gasteiger partial charge < -0.3 is 10.2 Å². The zero-order valence-electron chi connectivity index (χ0n) is 13.7. The number of aromatic nitrogens is 3. The maximum Gasteiger partial charge on any atom is 0.296 e. The summed E-state index contributed by atoms with van der Waals surface area (Å²) in [5, 5.41) is 20.3. The Morgan fingerprint density at radius 3 is 2.67 bits per heavy atom. The molecule has 5 nitrogen and oxygen atoms in total. The van der Waals surface area contributed by atoms with Gasteiger partial charge >= 0.3 is 0 Å². The van der Waals surface area contributed by atoms with Crippen molar-refractivity contribution in [2.75, 3.05) is 0 Å². The van der Waals surface area contributed by atoms with Gasteiger partial charge in [0.1, 0.15) is 5.52 Å². The number of imidazole rings is 1. The lowest BCUT2D eigenvalue weighted by atomic mass is 10.0. The molecule has 6 heteroatoms. The minimum atomic E-state index is -0.0481. The van der Waals surface area contributed by atoms with Gasteiger partial charge in [0.2, 0.25) is 0 Å². The molecule has 0 unspecified atom stereocenters. The van der Waals surface area contributed by atoms with Crippen molar-refractivity contribution in [3.63, 3.8) is 0 Å². The first kappa shape index (κ1) is 16.7. The van der Waals surface area contributed by atoms with Gasteiger partial charge in [-0.05, 0) is 30.0 Å². The van der Waals surface area contributed by atoms with Crippen LogP contribution in [-0.4, -0.2) is 24.7 Å². The Labute approximate surface area is 145 Å². The highest BCUT2D eigenvalue weighted by Crippen LogP contribution is 2.38. The predicted octanol–water partition coefficient (Wildman–Crippen LogP) is 4.31. The molecule has 0 aliphatic carbocycles. The average molecular weight is 346 g/mol. The number of aromatic hydroxyl groups is 1. The molecule has 0 fully saturated rings. The van der Waals surface area contributed by atoms with E-state index in [1.165, 1.54) is 0 Å². The lowest BCUT2D eigenvalue weighted by molar-refractivity contribution is 0.282. The fraction of sp³-hybridized carbons (Fsp3) is 0.333. The number of nitrogens with zero attached hydrogens (tertiary/aromatic N) is 3. The van der Waals surface area contributed by atoms with Crippen LogP contribution in [0.1, 0.15) is 38.3 Å². The molecule has 2 N–H and O–H groups in total. The van der Waals surface area contributed by atoms with Gasteiger partial charge in [-0.15, -0.1) is 0 Å². The van der Waals surface area contributed by atoms with Gasteiger partial charge in [-0.2, -0.15) is 4.98 Å². The number of benzene rings is 1. The first-order valence-corrected chi connectivity index (χ1v) is 8.44. The molecule has 3 aromatic rings. The molecule has 0 amide bonds. The molecule has 0 radical (unpaired) electrons. The zero-order chi connectivity index (χ0) is 17.3. The second kappa shape index (κ2) is 6.79. The van der Waals surface area contributed by atoms with E-state index >= 15 is 0 Å². The molecule has 2 heterocycles. The molecule has 0 saturated carbocycles. The Kier molecular flexibility index (Phi) is 4.73. The van der Waals surface area contributed by atoms with E-state index < -0.39 is 0 Å². The lowest BCUT2D eigenvalue weighted by Crippen LogP contribution is -2.07. The molecule has 0 aliphatic rings. The summed E-state index contributed by atoms with van der Waals surface area (Å²) in [4.78, 5) is 8.47. The Hall–Kier alpha value is -2.11. The van der Waals surface area contributed by atoms with Gasteiger partial charge in [0.15, 0.2) is 5.65 Å². The predicted molar refractivity (Wildman–Crippen MR) is 95.2 cm³/mol. The Balaban J connectivity index is 2.36. The number of halogens is 1. The van der Waals surface area contributed by atoms with Gasteiger partial charge in [-0.1, -0.05) is 43.6 Å². The van der Waals surface area contributed by atoms with Gasteiger partial charge in [0, 0.05) is 17.8 Å². The van der Waals surface area contributed by atoms with E-state index in [2.05, 4.69) is 23.8 Å². The number of hydrogen-bond donors (Lipinski definition) is 2. The zero-order valence-corrected chi connectivity index (χ0v) is 14.5. The monoisotopic (exact) mass is 345 g/mol. The number of fused-ring (bicyclic) bond motifs is 1. The summed E-state index contributed by atoms with van der Waals surface area (Å²) < 4.78 is 1.81. The van der Waals surface area contributed by atoms with Crippen LogP contribution in [0, 0.1) is 0 Å². The van der Waals surface area contributed by atoms with Gasteiger partial charge in [0.05, 0.1) is 11.6 Å². The minimum absolute atomic E-state index is 0.0449. The Morgan fingerprint density at radius 2 is 2.00 bits per heavy atom. The van der Waals surface area contributed by atoms with Gasteiger partial charge in [-0.25, -0.2) is 4.98 Å². The van der Waals surface area contributed by atoms with E-state index in [0.29, 0.717) is 10.7 Å². The molecule has 0 spiro atoms. The highest BCUT2D eigenvalue weighted by molar-refractivity contribution is 6.34. The summed E-state index contributed by atoms with van der Waals surface area (Å²) >= 11 is 6.46. The van der Waals surface area contributed by atoms with Crippen molar-refractivity contribution in [1.82, 2.24) is 14.5 Å². The van der Waals surface area contributed by atoms with Crippen molar-refractivity contribution >= 4 is 22.8 Å². The fourth-order valence-electron chi connectivity index (χ4n) is 3.13. The molecule has 2 aromatic heterocycles. The lowest BCUT2D eigenvalue weighted by Gasteiger charge is -2.18. The number of aliphatic hydroxyl groups excluding tert-OH is 1. The second-order valence-electron chi connectivity index (χ2n) is 5.76. The van der Waals surface area contributed by atoms with E-state index in [0.717, 1.165) is 35.0 Å². The summed E-state index contributed by atoms with van der Waals surface area (Å²) in [5.74, 6) is 0. The summed E-state index contributed by atoms with van der Waals surface area (Å²) in [6, 6.07) is 7.61. The number of aliphatic hydroxyl groups is 1. The van der Waals surface area contributed by atoms with Crippen LogP contribution in [0.5, 0.6) is 6.01 Å². The highest BCUT2D eigenvalue weighted by atomic mass is 35.5. The average Bonchev–Trinajstić information content (AvgIpc) is 2.92. The van der Waals surface area contributed by atoms with E-state index in [9.17, 15) is 10.2 Å². The number of rotatable bonds is 5. The number of hydrogen-bond acceptors (Lipinski definition) is 4. The molecule has 1 aromatic carbocycles. The third-order valence-corrected chi connectivity index (χ3v) is 4.64. The van der Waals surface area contributed by atoms with Crippen LogP contribution < -0.4 is 0 Å². The van der Waals surface area contributed by atoms with Crippen LogP contribution >= 0.6 is 11.6 Å². The maximum absolute atomic E-state index is 10.4. The molecule has 0 bridgehead atoms. The van der Waals surface area contributed by atoms with Crippen molar-refractivity contribution < 1.29 is 10.2 Å². The fourth-order valence-corrected chi connectivity index (χ4v) is 3.37. The smallest absolute Gasteiger partial charge is 0.296 e. The molecule has 3 rings (SSSR count). The highest BCUT2D eigenvalue weighted by Gasteiger charge is 2.22. The van der Waals surface area contributed by atoms with E-state index in [1.807, 2.05) is 28.8 Å². The topological polar surface area (TPSA) is 71.2 Å². The Morgan fingerprint density at radius 1 is 1.25 bits per heavy atom. The quantitative estimate of drug-likeness (QED) is 0.722. The molecule has 0 saturated heterocycles. The largest absolute Gasteiger partial charge is 0.480 e. The summed E-state index contributed by atoms with van der Waals surface area (Å²) in [6.07, 6.45) is 3.27. The van der Waals surface area contributed by atoms with Crippen LogP contribution in [0.4, 0.5) is 0 Å². The van der Waals surface area contributed by atoms with Crippen LogP contribution in [0.3, 0.4) is 0 Å². The molecule has 24 heavy (non-hydrogen) atoms. The standard InChI is InChI=1S/C18H20ClN3O2/c1-3-13(4-2)22-16-15(12-7-5-6-11(8-12)10-23)14(19)9-20-17(16)21-18(22)24/h5-9,13,23H,3-4,10H2,1-2H3,(H,20,21,24). The summed E-state index contributed by atoms with van der Waals surface area (Å²) in [7, 11) is 0. The van der Waals surface area contributed by atoms with Gasteiger partial charge in [0.25, 0.3) is 6.01 Å². The van der Waals surface area contributed by atoms with Gasteiger partial charge in [-0.3, -0.25) is 4.57 Å². The third kappa shape index (κ3) is 2.74. The molecule has 0 aliphatic heterocycles. The van der Waals surface area contributed by atoms with Crippen LogP contribution in [0.2, 0.25) is 5.02 Å². The van der Waals surface area contributed by atoms with E-state index in [1.54, 1.807) is 6.20 Å². The Bertz CT molecular complexity index is 872. The summed E-state index contributed by atoms with van der Waals surface area (Å²) in [6.45, 7) is 4.10.